The Labute approximate surface area is 99.7 Å². The quantitative estimate of drug-likeness (QED) is 0.888. The first-order valence-corrected chi connectivity index (χ1v) is 6.79. The molecule has 14 heavy (non-hydrogen) atoms. The van der Waals surface area contributed by atoms with E-state index in [-0.39, 0.29) is 0 Å². The summed E-state index contributed by atoms with van der Waals surface area (Å²) in [5.41, 5.74) is 8.29. The molecule has 1 nitrogen and oxygen atoms in total. The summed E-state index contributed by atoms with van der Waals surface area (Å²) in [6.45, 7) is 2.77. The number of thiophene rings is 2. The smallest absolute Gasteiger partial charge is 0.0368 e. The van der Waals surface area contributed by atoms with Crippen LogP contribution < -0.4 is 5.73 Å². The first-order valence-electron chi connectivity index (χ1n) is 4.24. The topological polar surface area (TPSA) is 26.0 Å². The summed E-state index contributed by atoms with van der Waals surface area (Å²) in [4.78, 5) is 2.65. The molecule has 0 aliphatic heterocycles. The molecule has 2 heterocycles. The van der Waals surface area contributed by atoms with E-state index in [9.17, 15) is 0 Å². The van der Waals surface area contributed by atoms with Gasteiger partial charge in [-0.25, -0.2) is 0 Å². The zero-order valence-corrected chi connectivity index (χ0v) is 10.9. The molecule has 2 rings (SSSR count). The molecule has 0 atom stereocenters. The van der Waals surface area contributed by atoms with Crippen LogP contribution in [0.15, 0.2) is 21.3 Å². The van der Waals surface area contributed by atoms with Crippen molar-refractivity contribution in [3.63, 3.8) is 0 Å². The monoisotopic (exact) mass is 287 g/mol. The van der Waals surface area contributed by atoms with Crippen molar-refractivity contribution in [1.82, 2.24) is 0 Å². The van der Waals surface area contributed by atoms with Crippen molar-refractivity contribution >= 4 is 38.6 Å². The van der Waals surface area contributed by atoms with Crippen LogP contribution in [-0.4, -0.2) is 0 Å². The van der Waals surface area contributed by atoms with Crippen molar-refractivity contribution in [2.24, 2.45) is 5.73 Å². The highest BCUT2D eigenvalue weighted by atomic mass is 79.9. The fourth-order valence-electron chi connectivity index (χ4n) is 1.43. The minimum atomic E-state index is 0.620. The van der Waals surface area contributed by atoms with Gasteiger partial charge in [-0.2, -0.15) is 0 Å². The molecule has 2 N–H and O–H groups in total. The van der Waals surface area contributed by atoms with Gasteiger partial charge >= 0.3 is 0 Å². The van der Waals surface area contributed by atoms with Crippen molar-refractivity contribution in [2.75, 3.05) is 0 Å². The van der Waals surface area contributed by atoms with Crippen LogP contribution in [0.1, 0.15) is 10.4 Å². The fourth-order valence-corrected chi connectivity index (χ4v) is 3.95. The maximum absolute atomic E-state index is 5.71. The molecule has 2 aromatic heterocycles. The van der Waals surface area contributed by atoms with Crippen LogP contribution in [-0.2, 0) is 6.54 Å². The van der Waals surface area contributed by atoms with Gasteiger partial charge < -0.3 is 5.73 Å². The zero-order valence-electron chi connectivity index (χ0n) is 7.71. The van der Waals surface area contributed by atoms with Crippen LogP contribution in [0.4, 0.5) is 0 Å². The van der Waals surface area contributed by atoms with Gasteiger partial charge in [-0.05, 0) is 39.9 Å². The number of aryl methyl sites for hydroxylation is 1. The maximum atomic E-state index is 5.71. The Balaban J connectivity index is 2.54. The number of rotatable bonds is 2. The van der Waals surface area contributed by atoms with E-state index < -0.39 is 0 Å². The molecule has 4 heteroatoms. The van der Waals surface area contributed by atoms with E-state index >= 15 is 0 Å². The van der Waals surface area contributed by atoms with Crippen LogP contribution in [0, 0.1) is 6.92 Å². The molecule has 0 fully saturated rings. The third kappa shape index (κ3) is 1.80. The van der Waals surface area contributed by atoms with Crippen LogP contribution in [0.3, 0.4) is 0 Å². The Hall–Kier alpha value is -0.160. The number of hydrogen-bond donors (Lipinski definition) is 1. The van der Waals surface area contributed by atoms with Gasteiger partial charge in [0.15, 0.2) is 0 Å². The largest absolute Gasteiger partial charge is 0.326 e. The lowest BCUT2D eigenvalue weighted by Crippen LogP contribution is -1.95. The minimum absolute atomic E-state index is 0.620. The van der Waals surface area contributed by atoms with Crippen molar-refractivity contribution in [3.8, 4) is 10.4 Å². The van der Waals surface area contributed by atoms with Crippen molar-refractivity contribution in [3.05, 3.63) is 31.7 Å². The zero-order chi connectivity index (χ0) is 10.1. The molecule has 2 aromatic rings. The number of hydrogen-bond acceptors (Lipinski definition) is 3. The SMILES string of the molecule is Cc1scc(CN)c1-c1cc(Br)cs1. The van der Waals surface area contributed by atoms with Gasteiger partial charge in [0.05, 0.1) is 0 Å². The van der Waals surface area contributed by atoms with E-state index in [1.807, 2.05) is 0 Å². The first-order chi connectivity index (χ1) is 6.72. The second-order valence-electron chi connectivity index (χ2n) is 3.03. The van der Waals surface area contributed by atoms with Gasteiger partial charge in [0.2, 0.25) is 0 Å². The van der Waals surface area contributed by atoms with Gasteiger partial charge in [0.1, 0.15) is 0 Å². The normalized spacial score (nSPS) is 10.8. The highest BCUT2D eigenvalue weighted by molar-refractivity contribution is 9.10. The van der Waals surface area contributed by atoms with Crippen LogP contribution in [0.2, 0.25) is 0 Å². The molecule has 0 aliphatic rings. The lowest BCUT2D eigenvalue weighted by Gasteiger charge is -1.99. The van der Waals surface area contributed by atoms with Gasteiger partial charge in [-0.15, -0.1) is 22.7 Å². The molecule has 74 valence electrons. The van der Waals surface area contributed by atoms with E-state index in [4.69, 9.17) is 5.73 Å². The van der Waals surface area contributed by atoms with Gasteiger partial charge in [-0.3, -0.25) is 0 Å². The van der Waals surface area contributed by atoms with E-state index in [1.165, 1.54) is 20.9 Å². The molecule has 0 saturated carbocycles. The maximum Gasteiger partial charge on any atom is 0.0368 e. The summed E-state index contributed by atoms with van der Waals surface area (Å²) in [5, 5.41) is 4.25. The highest BCUT2D eigenvalue weighted by Gasteiger charge is 2.11. The third-order valence-corrected chi connectivity index (χ3v) is 4.75. The lowest BCUT2D eigenvalue weighted by molar-refractivity contribution is 1.08. The molecule has 0 spiro atoms. The molecule has 0 saturated heterocycles. The lowest BCUT2D eigenvalue weighted by atomic mass is 10.1. The Bertz CT molecular complexity index is 445. The Kier molecular flexibility index (Phi) is 3.07. The molecule has 0 unspecified atom stereocenters. The number of halogens is 1. The van der Waals surface area contributed by atoms with E-state index in [2.05, 4.69) is 39.7 Å². The Morgan fingerprint density at radius 1 is 1.36 bits per heavy atom. The molecule has 0 amide bonds. The number of nitrogens with two attached hydrogens (primary N) is 1. The highest BCUT2D eigenvalue weighted by Crippen LogP contribution is 2.37. The molecule has 0 aliphatic carbocycles. The van der Waals surface area contributed by atoms with Crippen molar-refractivity contribution in [2.45, 2.75) is 13.5 Å². The summed E-state index contributed by atoms with van der Waals surface area (Å²) in [5.74, 6) is 0. The first kappa shape index (κ1) is 10.4. The summed E-state index contributed by atoms with van der Waals surface area (Å²) < 4.78 is 1.14. The molecule has 0 radical (unpaired) electrons. The second-order valence-corrected chi connectivity index (χ2v) is 5.94. The van der Waals surface area contributed by atoms with Crippen molar-refractivity contribution in [1.29, 1.82) is 0 Å². The van der Waals surface area contributed by atoms with Crippen LogP contribution in [0.5, 0.6) is 0 Å². The fraction of sp³-hybridized carbons (Fsp3) is 0.200. The Morgan fingerprint density at radius 3 is 2.71 bits per heavy atom. The predicted molar refractivity (Wildman–Crippen MR) is 68.0 cm³/mol. The summed E-state index contributed by atoms with van der Waals surface area (Å²) >= 11 is 7.00. The summed E-state index contributed by atoms with van der Waals surface area (Å²) in [6.07, 6.45) is 0. The van der Waals surface area contributed by atoms with Crippen LogP contribution >= 0.6 is 38.6 Å². The van der Waals surface area contributed by atoms with Gasteiger partial charge in [0.25, 0.3) is 0 Å². The molecule has 0 aromatic carbocycles. The van der Waals surface area contributed by atoms with E-state index in [1.54, 1.807) is 22.7 Å². The summed E-state index contributed by atoms with van der Waals surface area (Å²) in [7, 11) is 0. The van der Waals surface area contributed by atoms with E-state index in [0.29, 0.717) is 6.54 Å². The van der Waals surface area contributed by atoms with Gasteiger partial charge in [-0.1, -0.05) is 0 Å². The van der Waals surface area contributed by atoms with Crippen molar-refractivity contribution < 1.29 is 0 Å². The average Bonchev–Trinajstić information content (AvgIpc) is 2.71. The van der Waals surface area contributed by atoms with E-state index in [0.717, 1.165) is 4.47 Å². The molecule has 0 bridgehead atoms. The van der Waals surface area contributed by atoms with Gasteiger partial charge in [0, 0.05) is 31.7 Å². The molecular formula is C10H10BrNS2. The Morgan fingerprint density at radius 2 is 2.14 bits per heavy atom. The predicted octanol–water partition coefficient (Wildman–Crippen LogP) is 4.01. The average molecular weight is 288 g/mol. The van der Waals surface area contributed by atoms with Crippen LogP contribution in [0.25, 0.3) is 10.4 Å². The second kappa shape index (κ2) is 4.14. The standard InChI is InChI=1S/C10H10BrNS2/c1-6-10(7(3-12)4-13-6)9-2-8(11)5-14-9/h2,4-5H,3,12H2,1H3. The minimum Gasteiger partial charge on any atom is -0.326 e. The molecular weight excluding hydrogens is 278 g/mol. The third-order valence-electron chi connectivity index (χ3n) is 2.08. The summed E-state index contributed by atoms with van der Waals surface area (Å²) in [6, 6.07) is 2.15.